The second-order valence-corrected chi connectivity index (χ2v) is 1.71. The summed E-state index contributed by atoms with van der Waals surface area (Å²) in [5.41, 5.74) is 0. The van der Waals surface area contributed by atoms with E-state index in [4.69, 9.17) is 4.74 Å². The number of rotatable bonds is 1. The number of allylic oxidation sites excluding steroid dienone is 2. The first kappa shape index (κ1) is 6.08. The second kappa shape index (κ2) is 3.07. The molecule has 0 aromatic carbocycles. The van der Waals surface area contributed by atoms with Crippen LogP contribution in [0, 0.1) is 0 Å². The number of hydrogen-bond acceptors (Lipinski definition) is 2. The van der Waals surface area contributed by atoms with E-state index in [0.29, 0.717) is 0 Å². The molecule has 1 aliphatic rings. The molecule has 0 radical (unpaired) electrons. The minimum atomic E-state index is 0.809. The van der Waals surface area contributed by atoms with Gasteiger partial charge in [0.05, 0.1) is 13.3 Å². The highest BCUT2D eigenvalue weighted by molar-refractivity contribution is 5.61. The van der Waals surface area contributed by atoms with Gasteiger partial charge in [0.15, 0.2) is 0 Å². The van der Waals surface area contributed by atoms with Crippen LogP contribution in [0.1, 0.15) is 6.42 Å². The van der Waals surface area contributed by atoms with Crippen LogP contribution in [0.5, 0.6) is 0 Å². The summed E-state index contributed by atoms with van der Waals surface area (Å²) in [5, 5.41) is 0. The van der Waals surface area contributed by atoms with Crippen LogP contribution in [0.3, 0.4) is 0 Å². The quantitative estimate of drug-likeness (QED) is 0.517. The summed E-state index contributed by atoms with van der Waals surface area (Å²) in [4.78, 5) is 3.95. The Morgan fingerprint density at radius 2 is 2.56 bits per heavy atom. The van der Waals surface area contributed by atoms with Gasteiger partial charge in [0.2, 0.25) is 0 Å². The molecular weight excluding hydrogens is 114 g/mol. The maximum absolute atomic E-state index is 4.93. The fourth-order valence-corrected chi connectivity index (χ4v) is 0.596. The van der Waals surface area contributed by atoms with Crippen LogP contribution >= 0.6 is 0 Å². The molecule has 9 heavy (non-hydrogen) atoms. The van der Waals surface area contributed by atoms with E-state index in [1.165, 1.54) is 0 Å². The molecule has 0 saturated heterocycles. The lowest BCUT2D eigenvalue weighted by atomic mass is 10.4. The molecule has 1 heterocycles. The fraction of sp³-hybridized carbons (Fsp3) is 0.286. The van der Waals surface area contributed by atoms with E-state index in [0.717, 1.165) is 12.2 Å². The molecule has 0 aromatic heterocycles. The zero-order valence-corrected chi connectivity index (χ0v) is 5.37. The van der Waals surface area contributed by atoms with E-state index in [9.17, 15) is 0 Å². The molecule has 2 heteroatoms. The van der Waals surface area contributed by atoms with Gasteiger partial charge in [-0.1, -0.05) is 6.08 Å². The van der Waals surface area contributed by atoms with Crippen molar-refractivity contribution in [2.75, 3.05) is 7.11 Å². The zero-order valence-electron chi connectivity index (χ0n) is 5.37. The van der Waals surface area contributed by atoms with Crippen LogP contribution in [0.2, 0.25) is 0 Å². The Balaban J connectivity index is 2.67. The van der Waals surface area contributed by atoms with E-state index >= 15 is 0 Å². The van der Waals surface area contributed by atoms with Gasteiger partial charge in [0.1, 0.15) is 5.76 Å². The van der Waals surface area contributed by atoms with Crippen molar-refractivity contribution in [3.63, 3.8) is 0 Å². The number of methoxy groups -OCH3 is 1. The maximum Gasteiger partial charge on any atom is 0.136 e. The molecule has 0 bridgehead atoms. The summed E-state index contributed by atoms with van der Waals surface area (Å²) in [7, 11) is 1.64. The highest BCUT2D eigenvalue weighted by atomic mass is 16.5. The van der Waals surface area contributed by atoms with Crippen LogP contribution in [0.15, 0.2) is 29.1 Å². The largest absolute Gasteiger partial charge is 0.495 e. The highest BCUT2D eigenvalue weighted by Gasteiger charge is 1.88. The van der Waals surface area contributed by atoms with E-state index in [-0.39, 0.29) is 0 Å². The Kier molecular flexibility index (Phi) is 2.07. The standard InChI is InChI=1S/C7H9NO/c1-9-7-4-2-3-5-8-6-7/h2,4-6H,3H2,1H3. The molecule has 0 saturated carbocycles. The smallest absolute Gasteiger partial charge is 0.136 e. The summed E-state index contributed by atoms with van der Waals surface area (Å²) in [6.45, 7) is 0. The van der Waals surface area contributed by atoms with Gasteiger partial charge in [-0.15, -0.1) is 0 Å². The van der Waals surface area contributed by atoms with Crippen molar-refractivity contribution in [3.8, 4) is 0 Å². The molecule has 1 rings (SSSR count). The number of aliphatic imine (C=N–C) groups is 1. The van der Waals surface area contributed by atoms with Gasteiger partial charge >= 0.3 is 0 Å². The maximum atomic E-state index is 4.93. The summed E-state index contributed by atoms with van der Waals surface area (Å²) in [6, 6.07) is 0. The first-order valence-electron chi connectivity index (χ1n) is 2.86. The third-order valence-corrected chi connectivity index (χ3v) is 1.07. The third-order valence-electron chi connectivity index (χ3n) is 1.07. The molecule has 0 aromatic rings. The Hall–Kier alpha value is -1.05. The van der Waals surface area contributed by atoms with E-state index in [2.05, 4.69) is 4.99 Å². The Bertz CT molecular complexity index is 168. The lowest BCUT2D eigenvalue weighted by Crippen LogP contribution is -1.77. The second-order valence-electron chi connectivity index (χ2n) is 1.71. The van der Waals surface area contributed by atoms with Crippen LogP contribution < -0.4 is 0 Å². The minimum absolute atomic E-state index is 0.809. The minimum Gasteiger partial charge on any atom is -0.495 e. The number of nitrogens with zero attached hydrogens (tertiary/aromatic N) is 1. The lowest BCUT2D eigenvalue weighted by Gasteiger charge is -1.93. The van der Waals surface area contributed by atoms with Crippen molar-refractivity contribution in [1.29, 1.82) is 0 Å². The molecule has 0 N–H and O–H groups in total. The first-order valence-corrected chi connectivity index (χ1v) is 2.86. The van der Waals surface area contributed by atoms with Gasteiger partial charge in [-0.05, 0) is 6.08 Å². The van der Waals surface area contributed by atoms with Gasteiger partial charge in [-0.25, -0.2) is 0 Å². The average Bonchev–Trinajstić information content (AvgIpc) is 2.13. The molecule has 0 spiro atoms. The molecule has 0 unspecified atom stereocenters. The summed E-state index contributed by atoms with van der Waals surface area (Å²) < 4.78 is 4.93. The van der Waals surface area contributed by atoms with E-state index < -0.39 is 0 Å². The Morgan fingerprint density at radius 1 is 1.67 bits per heavy atom. The Labute approximate surface area is 54.6 Å². The molecule has 1 aliphatic heterocycles. The van der Waals surface area contributed by atoms with Crippen LogP contribution in [-0.4, -0.2) is 13.3 Å². The molecule has 0 fully saturated rings. The van der Waals surface area contributed by atoms with Gasteiger partial charge in [-0.2, -0.15) is 0 Å². The van der Waals surface area contributed by atoms with Crippen LogP contribution in [-0.2, 0) is 4.74 Å². The van der Waals surface area contributed by atoms with Gasteiger partial charge in [-0.3, -0.25) is 4.99 Å². The van der Waals surface area contributed by atoms with Crippen LogP contribution in [0.4, 0.5) is 0 Å². The molecule has 2 nitrogen and oxygen atoms in total. The lowest BCUT2D eigenvalue weighted by molar-refractivity contribution is 0.306. The number of ether oxygens (including phenoxy) is 1. The topological polar surface area (TPSA) is 21.6 Å². The van der Waals surface area contributed by atoms with Crippen molar-refractivity contribution in [1.82, 2.24) is 0 Å². The van der Waals surface area contributed by atoms with E-state index in [1.807, 2.05) is 18.4 Å². The monoisotopic (exact) mass is 123 g/mol. The molecule has 0 atom stereocenters. The average molecular weight is 123 g/mol. The van der Waals surface area contributed by atoms with Crippen molar-refractivity contribution in [2.24, 2.45) is 4.99 Å². The summed E-state index contributed by atoms with van der Waals surface area (Å²) >= 11 is 0. The Morgan fingerprint density at radius 3 is 3.33 bits per heavy atom. The van der Waals surface area contributed by atoms with Gasteiger partial charge in [0.25, 0.3) is 0 Å². The molecule has 0 aliphatic carbocycles. The van der Waals surface area contributed by atoms with Gasteiger partial charge in [0, 0.05) is 12.6 Å². The predicted molar refractivity (Wildman–Crippen MR) is 37.3 cm³/mol. The van der Waals surface area contributed by atoms with Crippen molar-refractivity contribution in [3.05, 3.63) is 24.1 Å². The molecular formula is C7H9NO. The first-order chi connectivity index (χ1) is 4.43. The SMILES string of the molecule is COC1=CN=CCC=C1. The predicted octanol–water partition coefficient (Wildman–Crippen LogP) is 1.50. The van der Waals surface area contributed by atoms with Crippen molar-refractivity contribution < 1.29 is 4.74 Å². The normalized spacial score (nSPS) is 16.8. The summed E-state index contributed by atoms with van der Waals surface area (Å²) in [5.74, 6) is 0.809. The number of hydrogen-bond donors (Lipinski definition) is 0. The molecule has 0 amide bonds. The van der Waals surface area contributed by atoms with Gasteiger partial charge < -0.3 is 4.74 Å². The van der Waals surface area contributed by atoms with Crippen molar-refractivity contribution >= 4 is 6.21 Å². The van der Waals surface area contributed by atoms with E-state index in [1.54, 1.807) is 13.3 Å². The molecule has 48 valence electrons. The van der Waals surface area contributed by atoms with Crippen molar-refractivity contribution in [2.45, 2.75) is 6.42 Å². The third kappa shape index (κ3) is 1.72. The highest BCUT2D eigenvalue weighted by Crippen LogP contribution is 2.01. The van der Waals surface area contributed by atoms with Crippen LogP contribution in [0.25, 0.3) is 0 Å². The zero-order chi connectivity index (χ0) is 6.53. The fourth-order valence-electron chi connectivity index (χ4n) is 0.596. The summed E-state index contributed by atoms with van der Waals surface area (Å²) in [6.07, 6.45) is 8.34.